The number of nitrogens with two attached hydrogens (primary N) is 1. The lowest BCUT2D eigenvalue weighted by Crippen LogP contribution is -2.16. The predicted octanol–water partition coefficient (Wildman–Crippen LogP) is 2.68. The fourth-order valence-corrected chi connectivity index (χ4v) is 2.26. The molecule has 0 bridgehead atoms. The standard InChI is InChI=1S/C13H11Cl2N3O2/c1-18-6-7(14)4-11(18)13(20)17-8-2-3-9(12(16)19)10(15)5-8/h2-6H,1H3,(H2,16,19)(H,17,20). The van der Waals surface area contributed by atoms with Crippen LogP contribution in [0.15, 0.2) is 30.5 Å². The SMILES string of the molecule is Cn1cc(Cl)cc1C(=O)Nc1ccc(C(N)=O)c(Cl)c1. The molecular formula is C13H11Cl2N3O2. The van der Waals surface area contributed by atoms with Gasteiger partial charge in [-0.3, -0.25) is 9.59 Å². The molecule has 0 aliphatic carbocycles. The van der Waals surface area contributed by atoms with Gasteiger partial charge in [-0.1, -0.05) is 23.2 Å². The monoisotopic (exact) mass is 311 g/mol. The maximum absolute atomic E-state index is 12.1. The molecule has 1 aromatic heterocycles. The zero-order valence-electron chi connectivity index (χ0n) is 10.5. The predicted molar refractivity (Wildman–Crippen MR) is 78.3 cm³/mol. The van der Waals surface area contributed by atoms with Crippen molar-refractivity contribution in [2.24, 2.45) is 12.8 Å². The van der Waals surface area contributed by atoms with Crippen molar-refractivity contribution in [2.45, 2.75) is 0 Å². The summed E-state index contributed by atoms with van der Waals surface area (Å²) in [6.45, 7) is 0. The van der Waals surface area contributed by atoms with Gasteiger partial charge in [0.25, 0.3) is 5.91 Å². The summed E-state index contributed by atoms with van der Waals surface area (Å²) in [6, 6.07) is 6.02. The molecule has 2 aromatic rings. The van der Waals surface area contributed by atoms with E-state index in [9.17, 15) is 9.59 Å². The van der Waals surface area contributed by atoms with Gasteiger partial charge < -0.3 is 15.6 Å². The fourth-order valence-electron chi connectivity index (χ4n) is 1.74. The molecule has 1 aromatic carbocycles. The van der Waals surface area contributed by atoms with Crippen molar-refractivity contribution in [3.05, 3.63) is 51.8 Å². The Labute approximate surface area is 125 Å². The van der Waals surface area contributed by atoms with Crippen LogP contribution >= 0.6 is 23.2 Å². The molecule has 0 aliphatic rings. The van der Waals surface area contributed by atoms with Crippen molar-refractivity contribution in [3.63, 3.8) is 0 Å². The van der Waals surface area contributed by atoms with Crippen LogP contribution < -0.4 is 11.1 Å². The van der Waals surface area contributed by atoms with Crippen molar-refractivity contribution in [1.29, 1.82) is 0 Å². The topological polar surface area (TPSA) is 77.1 Å². The summed E-state index contributed by atoms with van der Waals surface area (Å²) >= 11 is 11.7. The third-order valence-corrected chi connectivity index (χ3v) is 3.22. The highest BCUT2D eigenvalue weighted by Gasteiger charge is 2.13. The van der Waals surface area contributed by atoms with E-state index in [-0.39, 0.29) is 16.5 Å². The van der Waals surface area contributed by atoms with Crippen molar-refractivity contribution in [2.75, 3.05) is 5.32 Å². The second-order valence-corrected chi connectivity index (χ2v) is 5.01. The molecule has 3 N–H and O–H groups in total. The van der Waals surface area contributed by atoms with E-state index < -0.39 is 5.91 Å². The van der Waals surface area contributed by atoms with Gasteiger partial charge in [-0.25, -0.2) is 0 Å². The minimum Gasteiger partial charge on any atom is -0.366 e. The highest BCUT2D eigenvalue weighted by atomic mass is 35.5. The molecule has 7 heteroatoms. The smallest absolute Gasteiger partial charge is 0.272 e. The summed E-state index contributed by atoms with van der Waals surface area (Å²) in [4.78, 5) is 23.1. The van der Waals surface area contributed by atoms with Gasteiger partial charge in [0.05, 0.1) is 15.6 Å². The van der Waals surface area contributed by atoms with Gasteiger partial charge in [0.1, 0.15) is 5.69 Å². The fraction of sp³-hybridized carbons (Fsp3) is 0.0769. The zero-order chi connectivity index (χ0) is 14.9. The molecule has 0 saturated carbocycles. The van der Waals surface area contributed by atoms with Gasteiger partial charge in [-0.05, 0) is 24.3 Å². The Kier molecular flexibility index (Phi) is 4.01. The van der Waals surface area contributed by atoms with E-state index in [0.29, 0.717) is 16.4 Å². The van der Waals surface area contributed by atoms with Crippen LogP contribution in [-0.4, -0.2) is 16.4 Å². The Bertz CT molecular complexity index is 695. The minimum atomic E-state index is -0.623. The Morgan fingerprint density at radius 2 is 1.95 bits per heavy atom. The maximum Gasteiger partial charge on any atom is 0.272 e. The first-order chi connectivity index (χ1) is 9.38. The molecule has 5 nitrogen and oxygen atoms in total. The number of rotatable bonds is 3. The number of aromatic nitrogens is 1. The molecule has 1 heterocycles. The van der Waals surface area contributed by atoms with Crippen molar-refractivity contribution in [1.82, 2.24) is 4.57 Å². The molecule has 0 fully saturated rings. The molecule has 0 aliphatic heterocycles. The van der Waals surface area contributed by atoms with Crippen LogP contribution in [0.25, 0.3) is 0 Å². The van der Waals surface area contributed by atoms with E-state index in [2.05, 4.69) is 5.32 Å². The summed E-state index contributed by atoms with van der Waals surface area (Å²) < 4.78 is 1.61. The Morgan fingerprint density at radius 3 is 2.45 bits per heavy atom. The number of hydrogen-bond donors (Lipinski definition) is 2. The van der Waals surface area contributed by atoms with Crippen LogP contribution in [0, 0.1) is 0 Å². The maximum atomic E-state index is 12.1. The van der Waals surface area contributed by atoms with E-state index in [4.69, 9.17) is 28.9 Å². The summed E-state index contributed by atoms with van der Waals surface area (Å²) in [7, 11) is 1.71. The quantitative estimate of drug-likeness (QED) is 0.914. The van der Waals surface area contributed by atoms with E-state index in [1.165, 1.54) is 12.1 Å². The highest BCUT2D eigenvalue weighted by molar-refractivity contribution is 6.34. The number of primary amides is 1. The van der Waals surface area contributed by atoms with Gasteiger partial charge in [-0.15, -0.1) is 0 Å². The number of anilines is 1. The summed E-state index contributed by atoms with van der Waals surface area (Å²) in [6.07, 6.45) is 1.62. The molecule has 20 heavy (non-hydrogen) atoms. The molecule has 104 valence electrons. The first-order valence-corrected chi connectivity index (χ1v) is 6.36. The number of nitrogens with one attached hydrogen (secondary N) is 1. The van der Waals surface area contributed by atoms with Gasteiger partial charge >= 0.3 is 0 Å². The van der Waals surface area contributed by atoms with Crippen LogP contribution in [0.5, 0.6) is 0 Å². The lowest BCUT2D eigenvalue weighted by Gasteiger charge is -2.07. The van der Waals surface area contributed by atoms with E-state index in [1.54, 1.807) is 29.9 Å². The number of carbonyl (C=O) groups excluding carboxylic acids is 2. The first kappa shape index (κ1) is 14.4. The molecule has 2 amide bonds. The van der Waals surface area contributed by atoms with Crippen LogP contribution in [0.2, 0.25) is 10.0 Å². The third-order valence-electron chi connectivity index (χ3n) is 2.70. The summed E-state index contributed by atoms with van der Waals surface area (Å²) in [5, 5.41) is 3.32. The average Bonchev–Trinajstić information content (AvgIpc) is 2.68. The first-order valence-electron chi connectivity index (χ1n) is 5.61. The van der Waals surface area contributed by atoms with Crippen LogP contribution in [-0.2, 0) is 7.05 Å². The minimum absolute atomic E-state index is 0.181. The van der Waals surface area contributed by atoms with Crippen molar-refractivity contribution < 1.29 is 9.59 Å². The Morgan fingerprint density at radius 1 is 1.25 bits per heavy atom. The van der Waals surface area contributed by atoms with Gasteiger partial charge in [0.2, 0.25) is 5.91 Å². The van der Waals surface area contributed by atoms with Crippen LogP contribution in [0.3, 0.4) is 0 Å². The second kappa shape index (κ2) is 5.56. The average molecular weight is 312 g/mol. The van der Waals surface area contributed by atoms with E-state index in [0.717, 1.165) is 0 Å². The number of amides is 2. The summed E-state index contributed by atoms with van der Waals surface area (Å²) in [5.41, 5.74) is 6.22. The van der Waals surface area contributed by atoms with E-state index >= 15 is 0 Å². The zero-order valence-corrected chi connectivity index (χ0v) is 12.0. The number of nitrogens with zero attached hydrogens (tertiary/aromatic N) is 1. The lowest BCUT2D eigenvalue weighted by atomic mass is 10.2. The van der Waals surface area contributed by atoms with Gasteiger partial charge in [0.15, 0.2) is 0 Å². The normalized spacial score (nSPS) is 10.3. The van der Waals surface area contributed by atoms with Crippen LogP contribution in [0.1, 0.15) is 20.8 Å². The molecule has 0 saturated heterocycles. The molecule has 0 radical (unpaired) electrons. The van der Waals surface area contributed by atoms with Gasteiger partial charge in [0, 0.05) is 18.9 Å². The molecule has 0 spiro atoms. The Hall–Kier alpha value is -1.98. The lowest BCUT2D eigenvalue weighted by molar-refractivity contribution is 0.0997. The molecule has 0 atom stereocenters. The summed E-state index contributed by atoms with van der Waals surface area (Å²) in [5.74, 6) is -0.954. The third kappa shape index (κ3) is 2.95. The van der Waals surface area contributed by atoms with Crippen molar-refractivity contribution >= 4 is 40.7 Å². The Balaban J connectivity index is 2.22. The second-order valence-electron chi connectivity index (χ2n) is 4.17. The molecule has 2 rings (SSSR count). The number of benzene rings is 1. The van der Waals surface area contributed by atoms with Crippen molar-refractivity contribution in [3.8, 4) is 0 Å². The molecule has 0 unspecified atom stereocenters. The number of hydrogen-bond acceptors (Lipinski definition) is 2. The van der Waals surface area contributed by atoms with E-state index in [1.807, 2.05) is 0 Å². The number of carbonyl (C=O) groups is 2. The van der Waals surface area contributed by atoms with Crippen LogP contribution in [0.4, 0.5) is 5.69 Å². The van der Waals surface area contributed by atoms with Gasteiger partial charge in [-0.2, -0.15) is 0 Å². The largest absolute Gasteiger partial charge is 0.366 e. The number of halogens is 2. The highest BCUT2D eigenvalue weighted by Crippen LogP contribution is 2.21. The number of aryl methyl sites for hydroxylation is 1. The molecular weight excluding hydrogens is 301 g/mol.